The second kappa shape index (κ2) is 8.31. The van der Waals surface area contributed by atoms with Crippen molar-refractivity contribution in [3.8, 4) is 5.69 Å². The van der Waals surface area contributed by atoms with E-state index >= 15 is 0 Å². The number of benzene rings is 2. The van der Waals surface area contributed by atoms with Crippen molar-refractivity contribution < 1.29 is 22.4 Å². The summed E-state index contributed by atoms with van der Waals surface area (Å²) in [5, 5.41) is 7.33. The zero-order chi connectivity index (χ0) is 22.1. The molecule has 1 aromatic heterocycles. The van der Waals surface area contributed by atoms with Crippen LogP contribution in [-0.4, -0.2) is 15.7 Å². The zero-order valence-electron chi connectivity index (χ0n) is 15.7. The minimum Gasteiger partial charge on any atom is -0.342 e. The largest absolute Gasteiger partial charge is 0.419 e. The molecule has 1 heterocycles. The van der Waals surface area contributed by atoms with Crippen LogP contribution >= 0.6 is 11.6 Å². The van der Waals surface area contributed by atoms with Crippen LogP contribution in [0.15, 0.2) is 61.3 Å². The van der Waals surface area contributed by atoms with E-state index in [2.05, 4.69) is 17.0 Å². The molecule has 4 nitrogen and oxygen atoms in total. The second-order valence-corrected chi connectivity index (χ2v) is 6.89. The molecule has 3 rings (SSSR count). The van der Waals surface area contributed by atoms with Crippen LogP contribution in [-0.2, 0) is 6.18 Å². The number of amides is 1. The Bertz CT molecular complexity index is 1090. The molecule has 3 aromatic rings. The summed E-state index contributed by atoms with van der Waals surface area (Å²) >= 11 is 5.88. The third-order valence-corrected chi connectivity index (χ3v) is 4.75. The van der Waals surface area contributed by atoms with Gasteiger partial charge in [-0.1, -0.05) is 23.7 Å². The van der Waals surface area contributed by atoms with Gasteiger partial charge in [0.15, 0.2) is 0 Å². The molecule has 0 bridgehead atoms. The number of aromatic nitrogens is 2. The molecule has 1 atom stereocenters. The van der Waals surface area contributed by atoms with Crippen LogP contribution in [0.5, 0.6) is 0 Å². The molecule has 0 aliphatic heterocycles. The van der Waals surface area contributed by atoms with E-state index in [4.69, 9.17) is 11.6 Å². The molecule has 0 aliphatic carbocycles. The highest BCUT2D eigenvalue weighted by molar-refractivity contribution is 6.30. The molecule has 156 valence electrons. The van der Waals surface area contributed by atoms with Crippen LogP contribution < -0.4 is 5.32 Å². The van der Waals surface area contributed by atoms with Crippen molar-refractivity contribution in [2.24, 2.45) is 0 Å². The maximum Gasteiger partial charge on any atom is 0.419 e. The van der Waals surface area contributed by atoms with Gasteiger partial charge in [-0.15, -0.1) is 6.58 Å². The Kier molecular flexibility index (Phi) is 5.98. The molecule has 0 saturated carbocycles. The van der Waals surface area contributed by atoms with Crippen LogP contribution in [0, 0.1) is 12.7 Å². The highest BCUT2D eigenvalue weighted by atomic mass is 35.5. The second-order valence-electron chi connectivity index (χ2n) is 6.46. The Morgan fingerprint density at radius 2 is 1.90 bits per heavy atom. The standard InChI is InChI=1S/C21H16ClF4N3O/c1-3-19(13-4-9-18(23)17(10-13)21(24,25)26)28-20(30)16-11-27-29(12(16)2)15-7-5-14(22)6-8-15/h3-11,19H,1H2,2H3,(H,28,30)/t19-/m0/s1. The number of nitrogens with zero attached hydrogens (tertiary/aromatic N) is 2. The summed E-state index contributed by atoms with van der Waals surface area (Å²) in [6, 6.07) is 8.40. The van der Waals surface area contributed by atoms with Gasteiger partial charge in [0, 0.05) is 5.02 Å². The molecular formula is C21H16ClF4N3O. The first kappa shape index (κ1) is 21.6. The minimum atomic E-state index is -4.86. The molecule has 0 fully saturated rings. The number of halogens is 5. The Morgan fingerprint density at radius 1 is 1.23 bits per heavy atom. The average molecular weight is 438 g/mol. The van der Waals surface area contributed by atoms with E-state index in [0.717, 1.165) is 0 Å². The smallest absolute Gasteiger partial charge is 0.342 e. The Hall–Kier alpha value is -3.13. The van der Waals surface area contributed by atoms with Gasteiger partial charge in [0.1, 0.15) is 5.82 Å². The van der Waals surface area contributed by atoms with Crippen molar-refractivity contribution in [2.75, 3.05) is 0 Å². The van der Waals surface area contributed by atoms with Crippen molar-refractivity contribution in [3.05, 3.63) is 94.5 Å². The third-order valence-electron chi connectivity index (χ3n) is 4.50. The normalized spacial score (nSPS) is 12.5. The van der Waals surface area contributed by atoms with E-state index < -0.39 is 29.5 Å². The first-order valence-corrected chi connectivity index (χ1v) is 9.10. The first-order valence-electron chi connectivity index (χ1n) is 8.72. The summed E-state index contributed by atoms with van der Waals surface area (Å²) in [5.74, 6) is -1.95. The van der Waals surface area contributed by atoms with E-state index in [1.807, 2.05) is 0 Å². The van der Waals surface area contributed by atoms with Crippen LogP contribution in [0.3, 0.4) is 0 Å². The van der Waals surface area contributed by atoms with Crippen LogP contribution in [0.1, 0.15) is 33.2 Å². The molecule has 0 unspecified atom stereocenters. The topological polar surface area (TPSA) is 46.9 Å². The first-order chi connectivity index (χ1) is 14.1. The van der Waals surface area contributed by atoms with Crippen molar-refractivity contribution >= 4 is 17.5 Å². The van der Waals surface area contributed by atoms with Gasteiger partial charge in [-0.3, -0.25) is 4.79 Å². The van der Waals surface area contributed by atoms with Gasteiger partial charge >= 0.3 is 6.18 Å². The van der Waals surface area contributed by atoms with Crippen LogP contribution in [0.4, 0.5) is 17.6 Å². The van der Waals surface area contributed by atoms with Gasteiger partial charge in [0.2, 0.25) is 0 Å². The zero-order valence-corrected chi connectivity index (χ0v) is 16.4. The molecule has 2 aromatic carbocycles. The van der Waals surface area contributed by atoms with E-state index in [-0.39, 0.29) is 11.1 Å². The predicted octanol–water partition coefficient (Wildman–Crippen LogP) is 5.65. The lowest BCUT2D eigenvalue weighted by atomic mass is 10.0. The number of hydrogen-bond donors (Lipinski definition) is 1. The number of alkyl halides is 3. The van der Waals surface area contributed by atoms with E-state index in [0.29, 0.717) is 28.5 Å². The number of hydrogen-bond acceptors (Lipinski definition) is 2. The Balaban J connectivity index is 1.86. The van der Waals surface area contributed by atoms with Crippen LogP contribution in [0.2, 0.25) is 5.02 Å². The lowest BCUT2D eigenvalue weighted by Crippen LogP contribution is -2.28. The van der Waals surface area contributed by atoms with Crippen molar-refractivity contribution in [2.45, 2.75) is 19.1 Å². The highest BCUT2D eigenvalue weighted by Crippen LogP contribution is 2.33. The maximum absolute atomic E-state index is 13.5. The van der Waals surface area contributed by atoms with Crippen molar-refractivity contribution in [1.29, 1.82) is 0 Å². The number of carbonyl (C=O) groups excluding carboxylic acids is 1. The number of rotatable bonds is 5. The maximum atomic E-state index is 13.5. The molecule has 9 heteroatoms. The lowest BCUT2D eigenvalue weighted by molar-refractivity contribution is -0.140. The van der Waals surface area contributed by atoms with Gasteiger partial charge < -0.3 is 5.32 Å². The molecular weight excluding hydrogens is 422 g/mol. The van der Waals surface area contributed by atoms with E-state index in [1.165, 1.54) is 23.0 Å². The number of nitrogens with one attached hydrogen (secondary N) is 1. The molecule has 0 radical (unpaired) electrons. The van der Waals surface area contributed by atoms with Gasteiger partial charge in [-0.25, -0.2) is 9.07 Å². The molecule has 30 heavy (non-hydrogen) atoms. The SMILES string of the molecule is C=C[C@H](NC(=O)c1cnn(-c2ccc(Cl)cc2)c1C)c1ccc(F)c(C(F)(F)F)c1. The van der Waals surface area contributed by atoms with Gasteiger partial charge in [-0.05, 0) is 48.9 Å². The highest BCUT2D eigenvalue weighted by Gasteiger charge is 2.34. The van der Waals surface area contributed by atoms with Crippen molar-refractivity contribution in [3.63, 3.8) is 0 Å². The monoisotopic (exact) mass is 437 g/mol. The molecule has 0 spiro atoms. The Labute approximate surface area is 174 Å². The fourth-order valence-corrected chi connectivity index (χ4v) is 3.05. The summed E-state index contributed by atoms with van der Waals surface area (Å²) in [4.78, 5) is 12.7. The fourth-order valence-electron chi connectivity index (χ4n) is 2.93. The molecule has 0 aliphatic rings. The van der Waals surface area contributed by atoms with Gasteiger partial charge in [0.25, 0.3) is 5.91 Å². The quantitative estimate of drug-likeness (QED) is 0.414. The summed E-state index contributed by atoms with van der Waals surface area (Å²) in [6.07, 6.45) is -2.23. The van der Waals surface area contributed by atoms with E-state index in [1.54, 1.807) is 31.2 Å². The lowest BCUT2D eigenvalue weighted by Gasteiger charge is -2.17. The van der Waals surface area contributed by atoms with Gasteiger partial charge in [0.05, 0.1) is 34.7 Å². The third kappa shape index (κ3) is 4.38. The van der Waals surface area contributed by atoms with Gasteiger partial charge in [-0.2, -0.15) is 18.3 Å². The van der Waals surface area contributed by atoms with E-state index in [9.17, 15) is 22.4 Å². The number of carbonyl (C=O) groups is 1. The fraction of sp³-hybridized carbons (Fsp3) is 0.143. The summed E-state index contributed by atoms with van der Waals surface area (Å²) in [7, 11) is 0. The predicted molar refractivity (Wildman–Crippen MR) is 105 cm³/mol. The molecule has 1 amide bonds. The Morgan fingerprint density at radius 3 is 2.50 bits per heavy atom. The summed E-state index contributed by atoms with van der Waals surface area (Å²) in [6.45, 7) is 5.24. The van der Waals surface area contributed by atoms with Crippen LogP contribution in [0.25, 0.3) is 5.69 Å². The molecule has 1 N–H and O–H groups in total. The minimum absolute atomic E-state index is 0.0508. The summed E-state index contributed by atoms with van der Waals surface area (Å²) < 4.78 is 54.1. The average Bonchev–Trinajstić information content (AvgIpc) is 3.07. The van der Waals surface area contributed by atoms with Crippen molar-refractivity contribution in [1.82, 2.24) is 15.1 Å². The summed E-state index contributed by atoms with van der Waals surface area (Å²) in [5.41, 5.74) is 0.0786. The molecule has 0 saturated heterocycles.